The van der Waals surface area contributed by atoms with Gasteiger partial charge in [-0.15, -0.1) is 0 Å². The highest BCUT2D eigenvalue weighted by molar-refractivity contribution is 7.89. The molecule has 2 aromatic rings. The van der Waals surface area contributed by atoms with E-state index in [4.69, 9.17) is 16.0 Å². The summed E-state index contributed by atoms with van der Waals surface area (Å²) in [5, 5.41) is 0.915. The van der Waals surface area contributed by atoms with Gasteiger partial charge in [-0.3, -0.25) is 4.84 Å². The van der Waals surface area contributed by atoms with Crippen LogP contribution < -0.4 is 4.89 Å². The first-order valence-corrected chi connectivity index (χ1v) is 6.13. The van der Waals surface area contributed by atoms with Gasteiger partial charge in [0.05, 0.1) is 7.11 Å². The molecule has 0 spiro atoms. The Hall–Kier alpha value is -1.08. The van der Waals surface area contributed by atoms with E-state index in [1.807, 2.05) is 4.89 Å². The molecule has 86 valence electrons. The van der Waals surface area contributed by atoms with Gasteiger partial charge in [0, 0.05) is 22.5 Å². The summed E-state index contributed by atoms with van der Waals surface area (Å²) in [6.45, 7) is 0. The number of hydrogen-bond donors (Lipinski definition) is 1. The normalized spacial score (nSPS) is 12.1. The first-order chi connectivity index (χ1) is 7.53. The van der Waals surface area contributed by atoms with E-state index in [0.717, 1.165) is 0 Å². The summed E-state index contributed by atoms with van der Waals surface area (Å²) < 4.78 is 28.2. The van der Waals surface area contributed by atoms with Crippen molar-refractivity contribution in [3.8, 4) is 0 Å². The molecule has 0 fully saturated rings. The molecule has 0 saturated carbocycles. The molecule has 0 aliphatic rings. The Morgan fingerprint density at radius 3 is 2.81 bits per heavy atom. The van der Waals surface area contributed by atoms with Crippen LogP contribution in [0.25, 0.3) is 11.0 Å². The maximum absolute atomic E-state index is 11.5. The molecule has 0 unspecified atom stereocenters. The van der Waals surface area contributed by atoms with Gasteiger partial charge in [-0.1, -0.05) is 16.5 Å². The molecule has 1 aromatic carbocycles. The monoisotopic (exact) mass is 261 g/mol. The summed E-state index contributed by atoms with van der Waals surface area (Å²) in [4.78, 5) is 6.22. The number of rotatable bonds is 3. The molecule has 0 aliphatic heterocycles. The van der Waals surface area contributed by atoms with Gasteiger partial charge in [-0.05, 0) is 12.1 Å². The smallest absolute Gasteiger partial charge is 0.295 e. The molecule has 0 amide bonds. The van der Waals surface area contributed by atoms with Crippen molar-refractivity contribution in [1.29, 1.82) is 0 Å². The largest absolute Gasteiger partial charge is 0.443 e. The second-order valence-corrected chi connectivity index (χ2v) is 5.05. The Morgan fingerprint density at radius 1 is 1.38 bits per heavy atom. The molecule has 1 N–H and O–H groups in total. The van der Waals surface area contributed by atoms with Gasteiger partial charge in [-0.25, -0.2) is 8.42 Å². The van der Waals surface area contributed by atoms with Crippen molar-refractivity contribution in [3.63, 3.8) is 0 Å². The minimum absolute atomic E-state index is 0.216. The predicted octanol–water partition coefficient (Wildman–Crippen LogP) is 1.93. The van der Waals surface area contributed by atoms with Crippen molar-refractivity contribution in [2.24, 2.45) is 0 Å². The highest BCUT2D eigenvalue weighted by atomic mass is 35.5. The molecule has 5 nitrogen and oxygen atoms in total. The lowest BCUT2D eigenvalue weighted by molar-refractivity contribution is 0.151. The molecule has 2 rings (SSSR count). The van der Waals surface area contributed by atoms with Crippen LogP contribution in [0, 0.1) is 0 Å². The van der Waals surface area contributed by atoms with E-state index in [1.54, 1.807) is 18.2 Å². The summed E-state index contributed by atoms with van der Waals surface area (Å²) in [6, 6.07) is 6.27. The topological polar surface area (TPSA) is 68.5 Å². The van der Waals surface area contributed by atoms with Crippen molar-refractivity contribution in [2.45, 2.75) is 5.09 Å². The molecule has 0 atom stereocenters. The molecule has 0 bridgehead atoms. The van der Waals surface area contributed by atoms with Gasteiger partial charge in [0.25, 0.3) is 10.0 Å². The van der Waals surface area contributed by atoms with Crippen molar-refractivity contribution in [1.82, 2.24) is 4.89 Å². The van der Waals surface area contributed by atoms with E-state index in [0.29, 0.717) is 16.0 Å². The van der Waals surface area contributed by atoms with E-state index in [2.05, 4.69) is 4.84 Å². The van der Waals surface area contributed by atoms with E-state index in [9.17, 15) is 8.42 Å². The van der Waals surface area contributed by atoms with Crippen LogP contribution in [-0.2, 0) is 14.9 Å². The maximum Gasteiger partial charge on any atom is 0.295 e. The van der Waals surface area contributed by atoms with Crippen molar-refractivity contribution >= 4 is 32.6 Å². The third-order valence-corrected chi connectivity index (χ3v) is 3.27. The number of furan rings is 1. The zero-order chi connectivity index (χ0) is 11.8. The Morgan fingerprint density at radius 2 is 2.12 bits per heavy atom. The second kappa shape index (κ2) is 4.06. The van der Waals surface area contributed by atoms with Crippen molar-refractivity contribution < 1.29 is 17.7 Å². The molecule has 0 radical (unpaired) electrons. The fourth-order valence-corrected chi connectivity index (χ4v) is 2.21. The lowest BCUT2D eigenvalue weighted by Gasteiger charge is -1.98. The van der Waals surface area contributed by atoms with Crippen LogP contribution in [0.1, 0.15) is 0 Å². The summed E-state index contributed by atoms with van der Waals surface area (Å²) in [7, 11) is -2.56. The van der Waals surface area contributed by atoms with E-state index >= 15 is 0 Å². The Balaban J connectivity index is 2.55. The van der Waals surface area contributed by atoms with Crippen LogP contribution in [-0.4, -0.2) is 15.5 Å². The molecule has 7 heteroatoms. The molecule has 0 saturated heterocycles. The zero-order valence-electron chi connectivity index (χ0n) is 8.23. The van der Waals surface area contributed by atoms with Gasteiger partial charge in [-0.2, -0.15) is 0 Å². The predicted molar refractivity (Wildman–Crippen MR) is 58.6 cm³/mol. The quantitative estimate of drug-likeness (QED) is 0.857. The first kappa shape index (κ1) is 11.4. The van der Waals surface area contributed by atoms with Crippen LogP contribution in [0.5, 0.6) is 0 Å². The van der Waals surface area contributed by atoms with Crippen molar-refractivity contribution in [3.05, 3.63) is 29.3 Å². The van der Waals surface area contributed by atoms with Gasteiger partial charge < -0.3 is 4.42 Å². The summed E-state index contributed by atoms with van der Waals surface area (Å²) in [5.74, 6) is 0. The minimum Gasteiger partial charge on any atom is -0.443 e. The zero-order valence-corrected chi connectivity index (χ0v) is 9.80. The van der Waals surface area contributed by atoms with Gasteiger partial charge in [0.1, 0.15) is 5.58 Å². The SMILES string of the molecule is CONS(=O)(=O)c1cc2ccc(Cl)cc2o1. The minimum atomic E-state index is -3.77. The molecule has 1 heterocycles. The highest BCUT2D eigenvalue weighted by Crippen LogP contribution is 2.25. The highest BCUT2D eigenvalue weighted by Gasteiger charge is 2.19. The fraction of sp³-hybridized carbons (Fsp3) is 0.111. The lowest BCUT2D eigenvalue weighted by Crippen LogP contribution is -2.21. The third kappa shape index (κ3) is 2.05. The molecular formula is C9H8ClNO4S. The summed E-state index contributed by atoms with van der Waals surface area (Å²) in [5.41, 5.74) is 0.406. The van der Waals surface area contributed by atoms with Crippen LogP contribution in [0.2, 0.25) is 5.02 Å². The Kier molecular flexibility index (Phi) is 2.90. The van der Waals surface area contributed by atoms with E-state index < -0.39 is 10.0 Å². The van der Waals surface area contributed by atoms with E-state index in [-0.39, 0.29) is 5.09 Å². The third-order valence-electron chi connectivity index (χ3n) is 1.92. The average Bonchev–Trinajstić information content (AvgIpc) is 2.61. The van der Waals surface area contributed by atoms with Crippen LogP contribution in [0.4, 0.5) is 0 Å². The van der Waals surface area contributed by atoms with Gasteiger partial charge >= 0.3 is 0 Å². The van der Waals surface area contributed by atoms with E-state index in [1.165, 1.54) is 13.2 Å². The summed E-state index contributed by atoms with van der Waals surface area (Å²) >= 11 is 5.75. The number of halogens is 1. The lowest BCUT2D eigenvalue weighted by atomic mass is 10.3. The van der Waals surface area contributed by atoms with Crippen LogP contribution in [0.3, 0.4) is 0 Å². The van der Waals surface area contributed by atoms with Crippen LogP contribution in [0.15, 0.2) is 33.8 Å². The number of sulfonamides is 1. The van der Waals surface area contributed by atoms with Gasteiger partial charge in [0.2, 0.25) is 5.09 Å². The second-order valence-electron chi connectivity index (χ2n) is 3.04. The number of nitrogens with one attached hydrogen (secondary N) is 1. The molecule has 16 heavy (non-hydrogen) atoms. The number of hydrogen-bond acceptors (Lipinski definition) is 4. The fourth-order valence-electron chi connectivity index (χ4n) is 1.26. The number of benzene rings is 1. The summed E-state index contributed by atoms with van der Waals surface area (Å²) in [6.07, 6.45) is 0. The Bertz CT molecular complexity index is 619. The average molecular weight is 262 g/mol. The van der Waals surface area contributed by atoms with Crippen molar-refractivity contribution in [2.75, 3.05) is 7.11 Å². The maximum atomic E-state index is 11.5. The standard InChI is InChI=1S/C9H8ClNO4S/c1-14-11-16(12,13)9-4-6-2-3-7(10)5-8(6)15-9/h2-5,11H,1H3. The Labute approximate surface area is 97.0 Å². The molecule has 1 aromatic heterocycles. The number of fused-ring (bicyclic) bond motifs is 1. The van der Waals surface area contributed by atoms with Crippen LogP contribution >= 0.6 is 11.6 Å². The first-order valence-electron chi connectivity index (χ1n) is 4.27. The molecular weight excluding hydrogens is 254 g/mol. The molecule has 0 aliphatic carbocycles. The van der Waals surface area contributed by atoms with Gasteiger partial charge in [0.15, 0.2) is 0 Å².